The maximum atomic E-state index is 13.1. The summed E-state index contributed by atoms with van der Waals surface area (Å²) in [6.07, 6.45) is 1.85. The van der Waals surface area contributed by atoms with Crippen LogP contribution in [0.25, 0.3) is 22.1 Å². The number of imidazole rings is 1. The molecule has 0 fully saturated rings. The highest BCUT2D eigenvalue weighted by atomic mass is 79.9. The molecule has 0 saturated carbocycles. The van der Waals surface area contributed by atoms with Gasteiger partial charge in [-0.2, -0.15) is 0 Å². The van der Waals surface area contributed by atoms with Crippen molar-refractivity contribution < 1.29 is 9.47 Å². The van der Waals surface area contributed by atoms with E-state index in [1.807, 2.05) is 66.7 Å². The summed E-state index contributed by atoms with van der Waals surface area (Å²) in [7, 11) is 1.60. The normalized spacial score (nSPS) is 12.0. The van der Waals surface area contributed by atoms with Crippen molar-refractivity contribution in [3.05, 3.63) is 95.6 Å². The van der Waals surface area contributed by atoms with Crippen LogP contribution in [0.3, 0.4) is 0 Å². The van der Waals surface area contributed by atoms with Gasteiger partial charge in [-0.1, -0.05) is 67.5 Å². The molecule has 0 aliphatic heterocycles. The Balaban J connectivity index is 1.51. The van der Waals surface area contributed by atoms with Gasteiger partial charge in [0.05, 0.1) is 22.7 Å². The minimum atomic E-state index is -0.0832. The Morgan fingerprint density at radius 1 is 1.06 bits per heavy atom. The van der Waals surface area contributed by atoms with Crippen molar-refractivity contribution >= 4 is 65.3 Å². The van der Waals surface area contributed by atoms with Gasteiger partial charge in [0.15, 0.2) is 16.5 Å². The Bertz CT molecular complexity index is 1560. The molecule has 0 radical (unpaired) electrons. The number of rotatable bonds is 5. The van der Waals surface area contributed by atoms with E-state index >= 15 is 0 Å². The first kappa shape index (κ1) is 21.2. The van der Waals surface area contributed by atoms with Crippen molar-refractivity contribution in [1.82, 2.24) is 9.38 Å². The number of benzene rings is 3. The summed E-state index contributed by atoms with van der Waals surface area (Å²) >= 11 is 8.41. The van der Waals surface area contributed by atoms with Crippen LogP contribution in [0.4, 0.5) is 0 Å². The van der Waals surface area contributed by atoms with Gasteiger partial charge in [-0.15, -0.1) is 0 Å². The minimum absolute atomic E-state index is 0.0832. The first-order chi connectivity index (χ1) is 15.5. The summed E-state index contributed by atoms with van der Waals surface area (Å²) in [6, 6.07) is 19.3. The number of ether oxygens (including phenoxy) is 2. The highest BCUT2D eigenvalue weighted by Gasteiger charge is 2.13. The molecule has 5 nitrogen and oxygen atoms in total. The summed E-state index contributed by atoms with van der Waals surface area (Å²) in [5.74, 6) is 1.21. The zero-order chi connectivity index (χ0) is 22.2. The van der Waals surface area contributed by atoms with Crippen LogP contribution in [0.5, 0.6) is 11.5 Å². The number of hydrogen-bond donors (Lipinski definition) is 0. The minimum Gasteiger partial charge on any atom is -0.493 e. The number of thiazole rings is 1. The summed E-state index contributed by atoms with van der Waals surface area (Å²) in [6.45, 7) is 0.416. The number of halogens is 2. The van der Waals surface area contributed by atoms with Gasteiger partial charge in [0.2, 0.25) is 0 Å². The molecule has 0 atom stereocenters. The van der Waals surface area contributed by atoms with E-state index in [-0.39, 0.29) is 5.56 Å². The third kappa shape index (κ3) is 3.94. The smallest absolute Gasteiger partial charge is 0.274 e. The van der Waals surface area contributed by atoms with E-state index in [0.717, 1.165) is 31.1 Å². The molecular formula is C24H16Br2N2O3S. The second kappa shape index (κ2) is 8.69. The van der Waals surface area contributed by atoms with Crippen molar-refractivity contribution in [3.8, 4) is 11.5 Å². The standard InChI is InChI=1S/C24H16Br2N2O3S/c1-30-20-10-15(17(26)12-21(20)31-13-14-6-8-16(25)9-7-14)11-22-23(29)28-19-5-3-2-4-18(19)27-24(28)32-22/h2-12H,13H2,1H3/b22-11-. The molecular weight excluding hydrogens is 556 g/mol. The summed E-state index contributed by atoms with van der Waals surface area (Å²) in [5.41, 5.74) is 3.42. The second-order valence-corrected chi connectivity index (χ2v) is 9.85. The highest BCUT2D eigenvalue weighted by Crippen LogP contribution is 2.34. The maximum Gasteiger partial charge on any atom is 0.274 e. The zero-order valence-electron chi connectivity index (χ0n) is 16.8. The van der Waals surface area contributed by atoms with Crippen LogP contribution in [-0.4, -0.2) is 16.5 Å². The molecule has 0 unspecified atom stereocenters. The SMILES string of the molecule is COc1cc(/C=c2\sc3nc4ccccc4n3c2=O)c(Br)cc1OCc1ccc(Br)cc1. The van der Waals surface area contributed by atoms with Crippen molar-refractivity contribution in [2.45, 2.75) is 6.61 Å². The van der Waals surface area contributed by atoms with E-state index in [4.69, 9.17) is 9.47 Å². The van der Waals surface area contributed by atoms with E-state index in [9.17, 15) is 4.79 Å². The van der Waals surface area contributed by atoms with Gasteiger partial charge < -0.3 is 9.47 Å². The quantitative estimate of drug-likeness (QED) is 0.277. The topological polar surface area (TPSA) is 52.8 Å². The molecule has 5 aromatic rings. The molecule has 160 valence electrons. The first-order valence-corrected chi connectivity index (χ1v) is 12.1. The maximum absolute atomic E-state index is 13.1. The van der Waals surface area contributed by atoms with Gasteiger partial charge in [0, 0.05) is 8.95 Å². The molecule has 5 rings (SSSR count). The summed E-state index contributed by atoms with van der Waals surface area (Å²) < 4.78 is 15.6. The van der Waals surface area contributed by atoms with Crippen molar-refractivity contribution in [2.75, 3.05) is 7.11 Å². The molecule has 0 aliphatic carbocycles. The fourth-order valence-electron chi connectivity index (χ4n) is 3.43. The van der Waals surface area contributed by atoms with Crippen LogP contribution in [0.1, 0.15) is 11.1 Å². The second-order valence-electron chi connectivity index (χ2n) is 7.07. The lowest BCUT2D eigenvalue weighted by Gasteiger charge is -2.13. The number of methoxy groups -OCH3 is 1. The number of para-hydroxylation sites is 2. The van der Waals surface area contributed by atoms with E-state index < -0.39 is 0 Å². The molecule has 32 heavy (non-hydrogen) atoms. The molecule has 3 aromatic carbocycles. The number of nitrogens with zero attached hydrogens (tertiary/aromatic N) is 2. The Morgan fingerprint density at radius 3 is 2.62 bits per heavy atom. The molecule has 2 heterocycles. The summed E-state index contributed by atoms with van der Waals surface area (Å²) in [4.78, 5) is 18.3. The molecule has 0 amide bonds. The molecule has 0 N–H and O–H groups in total. The van der Waals surface area contributed by atoms with Crippen molar-refractivity contribution in [1.29, 1.82) is 0 Å². The molecule has 8 heteroatoms. The summed E-state index contributed by atoms with van der Waals surface area (Å²) in [5, 5.41) is 0. The van der Waals surface area contributed by atoms with Gasteiger partial charge in [-0.25, -0.2) is 9.38 Å². The van der Waals surface area contributed by atoms with Gasteiger partial charge in [0.25, 0.3) is 5.56 Å². The van der Waals surface area contributed by atoms with Gasteiger partial charge in [-0.3, -0.25) is 4.79 Å². The Morgan fingerprint density at radius 2 is 1.84 bits per heavy atom. The molecule has 0 saturated heterocycles. The first-order valence-electron chi connectivity index (χ1n) is 9.70. The fraction of sp³-hybridized carbons (Fsp3) is 0.0833. The Kier molecular flexibility index (Phi) is 5.75. The van der Waals surface area contributed by atoms with Gasteiger partial charge in [-0.05, 0) is 53.6 Å². The highest BCUT2D eigenvalue weighted by molar-refractivity contribution is 9.10. The fourth-order valence-corrected chi connectivity index (χ4v) is 5.11. The number of hydrogen-bond acceptors (Lipinski definition) is 5. The van der Waals surface area contributed by atoms with Gasteiger partial charge in [0.1, 0.15) is 6.61 Å². The monoisotopic (exact) mass is 570 g/mol. The van der Waals surface area contributed by atoms with Crippen LogP contribution in [0.2, 0.25) is 0 Å². The van der Waals surface area contributed by atoms with E-state index in [0.29, 0.717) is 27.6 Å². The number of aromatic nitrogens is 2. The van der Waals surface area contributed by atoms with E-state index in [2.05, 4.69) is 36.8 Å². The zero-order valence-corrected chi connectivity index (χ0v) is 20.8. The average molecular weight is 572 g/mol. The molecule has 0 aliphatic rings. The van der Waals surface area contributed by atoms with Crippen molar-refractivity contribution in [2.24, 2.45) is 0 Å². The van der Waals surface area contributed by atoms with E-state index in [1.165, 1.54) is 11.3 Å². The Labute approximate surface area is 204 Å². The molecule has 2 aromatic heterocycles. The van der Waals surface area contributed by atoms with Crippen LogP contribution >= 0.6 is 43.2 Å². The molecule has 0 spiro atoms. The number of fused-ring (bicyclic) bond motifs is 3. The predicted molar refractivity (Wildman–Crippen MR) is 135 cm³/mol. The lowest BCUT2D eigenvalue weighted by Crippen LogP contribution is -2.22. The average Bonchev–Trinajstić information content (AvgIpc) is 3.31. The van der Waals surface area contributed by atoms with Crippen LogP contribution in [-0.2, 0) is 6.61 Å². The predicted octanol–water partition coefficient (Wildman–Crippen LogP) is 5.57. The van der Waals surface area contributed by atoms with Gasteiger partial charge >= 0.3 is 0 Å². The third-order valence-corrected chi connectivity index (χ3v) is 7.21. The Hall–Kier alpha value is -2.68. The van der Waals surface area contributed by atoms with Crippen LogP contribution < -0.4 is 19.6 Å². The largest absolute Gasteiger partial charge is 0.493 e. The van der Waals surface area contributed by atoms with Crippen LogP contribution in [0.15, 0.2) is 74.4 Å². The lowest BCUT2D eigenvalue weighted by atomic mass is 10.2. The molecule has 0 bridgehead atoms. The van der Waals surface area contributed by atoms with Crippen molar-refractivity contribution in [3.63, 3.8) is 0 Å². The third-order valence-electron chi connectivity index (χ3n) is 5.02. The van der Waals surface area contributed by atoms with Crippen LogP contribution in [0, 0.1) is 0 Å². The lowest BCUT2D eigenvalue weighted by molar-refractivity contribution is 0.284. The van der Waals surface area contributed by atoms with E-state index in [1.54, 1.807) is 11.5 Å².